The monoisotopic (exact) mass is 482 g/mol. The van der Waals surface area contributed by atoms with E-state index in [9.17, 15) is 14.4 Å². The lowest BCUT2D eigenvalue weighted by Crippen LogP contribution is -2.24. The Morgan fingerprint density at radius 1 is 1.15 bits per heavy atom. The first-order valence-corrected chi connectivity index (χ1v) is 11.3. The molecule has 0 spiro atoms. The van der Waals surface area contributed by atoms with E-state index in [4.69, 9.17) is 16.0 Å². The minimum Gasteiger partial charge on any atom is -0.467 e. The van der Waals surface area contributed by atoms with Gasteiger partial charge < -0.3 is 15.1 Å². The summed E-state index contributed by atoms with van der Waals surface area (Å²) in [5.41, 5.74) is 1.25. The molecule has 0 aliphatic carbocycles. The highest BCUT2D eigenvalue weighted by Gasteiger charge is 2.15. The van der Waals surface area contributed by atoms with Gasteiger partial charge >= 0.3 is 0 Å². The van der Waals surface area contributed by atoms with E-state index in [0.717, 1.165) is 11.8 Å². The summed E-state index contributed by atoms with van der Waals surface area (Å²) < 4.78 is 6.87. The van der Waals surface area contributed by atoms with Crippen molar-refractivity contribution in [3.63, 3.8) is 0 Å². The van der Waals surface area contributed by atoms with Gasteiger partial charge in [0.25, 0.3) is 11.5 Å². The Hall–Kier alpha value is -3.56. The number of nitrogens with zero attached hydrogens (tertiary/aromatic N) is 2. The molecule has 0 atom stereocenters. The number of hydrogen-bond acceptors (Lipinski definition) is 6. The second kappa shape index (κ2) is 9.93. The maximum Gasteiger partial charge on any atom is 0.262 e. The molecular formula is C23H19ClN4O4S. The van der Waals surface area contributed by atoms with Gasteiger partial charge in [-0.3, -0.25) is 19.0 Å². The number of amides is 2. The number of benzene rings is 2. The second-order valence-electron chi connectivity index (χ2n) is 7.02. The summed E-state index contributed by atoms with van der Waals surface area (Å²) in [5.74, 6) is 0.126. The van der Waals surface area contributed by atoms with E-state index in [-0.39, 0.29) is 29.7 Å². The molecule has 2 aromatic carbocycles. The van der Waals surface area contributed by atoms with Crippen molar-refractivity contribution in [3.8, 4) is 0 Å². The minimum absolute atomic E-state index is 0.0217. The van der Waals surface area contributed by atoms with Crippen molar-refractivity contribution in [1.29, 1.82) is 0 Å². The molecule has 168 valence electrons. The van der Waals surface area contributed by atoms with Crippen molar-refractivity contribution in [2.75, 3.05) is 18.1 Å². The number of fused-ring (bicyclic) bond motifs is 1. The summed E-state index contributed by atoms with van der Waals surface area (Å²) in [7, 11) is 1.55. The van der Waals surface area contributed by atoms with E-state index in [0.29, 0.717) is 38.1 Å². The van der Waals surface area contributed by atoms with Crippen LogP contribution >= 0.6 is 23.4 Å². The summed E-state index contributed by atoms with van der Waals surface area (Å²) in [5, 5.41) is 6.58. The van der Waals surface area contributed by atoms with E-state index in [1.165, 1.54) is 10.8 Å². The van der Waals surface area contributed by atoms with E-state index in [1.807, 2.05) is 0 Å². The van der Waals surface area contributed by atoms with Crippen LogP contribution in [0.3, 0.4) is 0 Å². The van der Waals surface area contributed by atoms with Gasteiger partial charge in [-0.2, -0.15) is 0 Å². The predicted octanol–water partition coefficient (Wildman–Crippen LogP) is 3.78. The zero-order chi connectivity index (χ0) is 23.4. The maximum atomic E-state index is 13.1. The quantitative estimate of drug-likeness (QED) is 0.307. The normalized spacial score (nSPS) is 10.8. The Morgan fingerprint density at radius 3 is 2.64 bits per heavy atom. The Bertz CT molecular complexity index is 1370. The van der Waals surface area contributed by atoms with E-state index >= 15 is 0 Å². The fourth-order valence-electron chi connectivity index (χ4n) is 3.16. The maximum absolute atomic E-state index is 13.1. The summed E-state index contributed by atoms with van der Waals surface area (Å²) >= 11 is 7.21. The van der Waals surface area contributed by atoms with Crippen LogP contribution in [0.15, 0.2) is 75.2 Å². The van der Waals surface area contributed by atoms with Gasteiger partial charge in [0, 0.05) is 23.3 Å². The molecular weight excluding hydrogens is 464 g/mol. The summed E-state index contributed by atoms with van der Waals surface area (Å²) in [6.45, 7) is 0.183. The Morgan fingerprint density at radius 2 is 1.94 bits per heavy atom. The van der Waals surface area contributed by atoms with E-state index in [2.05, 4.69) is 15.6 Å². The number of aromatic nitrogens is 2. The van der Waals surface area contributed by atoms with Crippen LogP contribution in [0.5, 0.6) is 0 Å². The molecule has 2 aromatic heterocycles. The molecule has 0 aliphatic heterocycles. The van der Waals surface area contributed by atoms with Crippen LogP contribution in [-0.4, -0.2) is 34.2 Å². The molecule has 0 saturated carbocycles. The number of furan rings is 1. The molecule has 0 bridgehead atoms. The molecule has 2 amide bonds. The van der Waals surface area contributed by atoms with Crippen molar-refractivity contribution in [2.24, 2.45) is 0 Å². The van der Waals surface area contributed by atoms with Gasteiger partial charge in [0.2, 0.25) is 5.91 Å². The van der Waals surface area contributed by atoms with Gasteiger partial charge in [0.05, 0.1) is 29.5 Å². The van der Waals surface area contributed by atoms with E-state index < -0.39 is 0 Å². The third-order valence-electron chi connectivity index (χ3n) is 4.77. The summed E-state index contributed by atoms with van der Waals surface area (Å²) in [6, 6.07) is 14.9. The van der Waals surface area contributed by atoms with Crippen LogP contribution in [0, 0.1) is 0 Å². The average Bonchev–Trinajstić information content (AvgIpc) is 3.33. The number of rotatable bonds is 7. The molecule has 8 nitrogen and oxygen atoms in total. The van der Waals surface area contributed by atoms with Crippen LogP contribution in [0.2, 0.25) is 5.02 Å². The number of nitrogens with one attached hydrogen (secondary N) is 2. The average molecular weight is 483 g/mol. The van der Waals surface area contributed by atoms with Crippen molar-refractivity contribution < 1.29 is 14.0 Å². The molecule has 0 saturated heterocycles. The smallest absolute Gasteiger partial charge is 0.262 e. The van der Waals surface area contributed by atoms with E-state index in [1.54, 1.807) is 61.6 Å². The van der Waals surface area contributed by atoms with Crippen molar-refractivity contribution in [3.05, 3.63) is 87.6 Å². The molecule has 0 unspecified atom stereocenters. The molecule has 10 heteroatoms. The van der Waals surface area contributed by atoms with Crippen molar-refractivity contribution in [2.45, 2.75) is 11.7 Å². The Balaban J connectivity index is 1.55. The number of carbonyl (C=O) groups is 2. The van der Waals surface area contributed by atoms with Gasteiger partial charge in [0.1, 0.15) is 5.76 Å². The summed E-state index contributed by atoms with van der Waals surface area (Å²) in [6.07, 6.45) is 1.53. The molecule has 0 radical (unpaired) electrons. The van der Waals surface area contributed by atoms with Gasteiger partial charge in [-0.1, -0.05) is 23.4 Å². The number of carbonyl (C=O) groups excluding carboxylic acids is 2. The van der Waals surface area contributed by atoms with Crippen molar-refractivity contribution in [1.82, 2.24) is 14.9 Å². The van der Waals surface area contributed by atoms with Gasteiger partial charge in [-0.25, -0.2) is 4.98 Å². The first-order valence-electron chi connectivity index (χ1n) is 9.92. The molecule has 2 N–H and O–H groups in total. The first-order chi connectivity index (χ1) is 15.9. The number of hydrogen-bond donors (Lipinski definition) is 2. The Labute approximate surface area is 198 Å². The highest BCUT2D eigenvalue weighted by Crippen LogP contribution is 2.22. The lowest BCUT2D eigenvalue weighted by atomic mass is 10.2. The van der Waals surface area contributed by atoms with Crippen LogP contribution in [-0.2, 0) is 11.3 Å². The van der Waals surface area contributed by atoms with Crippen LogP contribution in [0.4, 0.5) is 5.69 Å². The highest BCUT2D eigenvalue weighted by molar-refractivity contribution is 7.99. The summed E-state index contributed by atoms with van der Waals surface area (Å²) in [4.78, 5) is 41.9. The molecule has 2 heterocycles. The minimum atomic E-state index is -0.280. The number of halogens is 1. The SMILES string of the molecule is CNC(=O)c1ccc(NC(=O)CSc2nc3cc(Cl)ccc3c(=O)n2Cc2ccco2)cc1. The van der Waals surface area contributed by atoms with Gasteiger partial charge in [-0.05, 0) is 54.6 Å². The van der Waals surface area contributed by atoms with Crippen LogP contribution in [0.25, 0.3) is 10.9 Å². The molecule has 0 aliphatic rings. The fourth-order valence-corrected chi connectivity index (χ4v) is 4.12. The topological polar surface area (TPSA) is 106 Å². The van der Waals surface area contributed by atoms with Crippen LogP contribution in [0.1, 0.15) is 16.1 Å². The fraction of sp³-hybridized carbons (Fsp3) is 0.130. The third-order valence-corrected chi connectivity index (χ3v) is 5.98. The zero-order valence-electron chi connectivity index (χ0n) is 17.5. The number of anilines is 1. The molecule has 0 fully saturated rings. The standard InChI is InChI=1S/C23H19ClN4O4S/c1-25-21(30)14-4-7-16(8-5-14)26-20(29)13-33-23-27-19-11-15(24)6-9-18(19)22(31)28(23)12-17-3-2-10-32-17/h2-11H,12-13H2,1H3,(H,25,30)(H,26,29). The third kappa shape index (κ3) is 5.27. The highest BCUT2D eigenvalue weighted by atomic mass is 35.5. The lowest BCUT2D eigenvalue weighted by molar-refractivity contribution is -0.113. The molecule has 33 heavy (non-hydrogen) atoms. The second-order valence-corrected chi connectivity index (χ2v) is 8.40. The number of thioether (sulfide) groups is 1. The van der Waals surface area contributed by atoms with Gasteiger partial charge in [-0.15, -0.1) is 0 Å². The molecule has 4 aromatic rings. The largest absolute Gasteiger partial charge is 0.467 e. The first kappa shape index (κ1) is 22.6. The van der Waals surface area contributed by atoms with Crippen molar-refractivity contribution >= 4 is 51.8 Å². The zero-order valence-corrected chi connectivity index (χ0v) is 19.1. The van der Waals surface area contributed by atoms with Gasteiger partial charge in [0.15, 0.2) is 5.16 Å². The van der Waals surface area contributed by atoms with Crippen LogP contribution < -0.4 is 16.2 Å². The molecule has 4 rings (SSSR count). The Kier molecular flexibility index (Phi) is 6.81. The lowest BCUT2D eigenvalue weighted by Gasteiger charge is -2.12. The predicted molar refractivity (Wildman–Crippen MR) is 128 cm³/mol.